The van der Waals surface area contributed by atoms with Crippen molar-refractivity contribution in [1.82, 2.24) is 9.97 Å². The van der Waals surface area contributed by atoms with E-state index in [-0.39, 0.29) is 5.15 Å². The molecule has 0 aliphatic carbocycles. The molecular weight excluding hydrogens is 234 g/mol. The number of carbonyl (C=O) groups is 1. The zero-order chi connectivity index (χ0) is 10.7. The molecule has 0 aromatic carbocycles. The van der Waals surface area contributed by atoms with Crippen LogP contribution in [0, 0.1) is 0 Å². The number of aromatic nitrogens is 2. The van der Waals surface area contributed by atoms with E-state index in [2.05, 4.69) is 14.9 Å². The van der Waals surface area contributed by atoms with E-state index in [0.717, 1.165) is 30.9 Å². The minimum Gasteiger partial charge on any atom is -0.354 e. The van der Waals surface area contributed by atoms with Crippen molar-refractivity contribution in [3.8, 4) is 0 Å². The van der Waals surface area contributed by atoms with Gasteiger partial charge in [0, 0.05) is 24.6 Å². The molecule has 0 radical (unpaired) electrons. The van der Waals surface area contributed by atoms with Crippen molar-refractivity contribution < 1.29 is 4.79 Å². The highest BCUT2D eigenvalue weighted by atomic mass is 35.5. The molecule has 0 atom stereocenters. The van der Waals surface area contributed by atoms with Crippen molar-refractivity contribution in [2.45, 2.75) is 0 Å². The first-order valence-electron chi connectivity index (χ1n) is 4.61. The molecule has 0 N–H and O–H groups in total. The predicted octanol–water partition coefficient (Wildman–Crippen LogP) is 1.50. The Kier molecular flexibility index (Phi) is 3.43. The largest absolute Gasteiger partial charge is 0.354 e. The summed E-state index contributed by atoms with van der Waals surface area (Å²) in [6.07, 6.45) is 2.12. The Morgan fingerprint density at radius 1 is 1.40 bits per heavy atom. The van der Waals surface area contributed by atoms with Gasteiger partial charge in [0.1, 0.15) is 17.3 Å². The van der Waals surface area contributed by atoms with E-state index >= 15 is 0 Å². The van der Waals surface area contributed by atoms with Crippen LogP contribution in [0.15, 0.2) is 6.33 Å². The number of carbonyl (C=O) groups excluding carboxylic acids is 1. The summed E-state index contributed by atoms with van der Waals surface area (Å²) in [5.74, 6) is 2.77. The zero-order valence-electron chi connectivity index (χ0n) is 8.02. The maximum absolute atomic E-state index is 10.9. The molecule has 80 valence electrons. The summed E-state index contributed by atoms with van der Waals surface area (Å²) in [6, 6.07) is 0. The Labute approximate surface area is 97.0 Å². The Morgan fingerprint density at radius 2 is 2.13 bits per heavy atom. The van der Waals surface area contributed by atoms with E-state index in [1.165, 1.54) is 6.33 Å². The molecule has 1 aliphatic rings. The van der Waals surface area contributed by atoms with Crippen LogP contribution < -0.4 is 4.90 Å². The van der Waals surface area contributed by atoms with Gasteiger partial charge in [-0.15, -0.1) is 0 Å². The summed E-state index contributed by atoms with van der Waals surface area (Å²) < 4.78 is 0. The van der Waals surface area contributed by atoms with E-state index in [1.807, 2.05) is 11.8 Å². The van der Waals surface area contributed by atoms with Gasteiger partial charge < -0.3 is 4.90 Å². The second kappa shape index (κ2) is 4.81. The Morgan fingerprint density at radius 3 is 2.80 bits per heavy atom. The van der Waals surface area contributed by atoms with Gasteiger partial charge in [0.25, 0.3) is 0 Å². The minimum absolute atomic E-state index is 0.230. The van der Waals surface area contributed by atoms with E-state index < -0.39 is 0 Å². The maximum Gasteiger partial charge on any atom is 0.156 e. The highest BCUT2D eigenvalue weighted by Gasteiger charge is 2.17. The van der Waals surface area contributed by atoms with Gasteiger partial charge in [-0.3, -0.25) is 4.79 Å². The second-order valence-corrected chi connectivity index (χ2v) is 4.70. The first-order valence-corrected chi connectivity index (χ1v) is 6.14. The van der Waals surface area contributed by atoms with Crippen LogP contribution in [0.1, 0.15) is 10.4 Å². The maximum atomic E-state index is 10.9. The number of anilines is 1. The number of nitrogens with zero attached hydrogens (tertiary/aromatic N) is 3. The third-order valence-electron chi connectivity index (χ3n) is 2.24. The van der Waals surface area contributed by atoms with Crippen LogP contribution in [0.25, 0.3) is 0 Å². The molecule has 0 saturated carbocycles. The second-order valence-electron chi connectivity index (χ2n) is 3.12. The van der Waals surface area contributed by atoms with Gasteiger partial charge in [-0.25, -0.2) is 9.97 Å². The van der Waals surface area contributed by atoms with Gasteiger partial charge in [0.15, 0.2) is 6.29 Å². The SMILES string of the molecule is O=Cc1c(Cl)ncnc1N1CCSCC1. The molecular formula is C9H10ClN3OS. The molecule has 1 saturated heterocycles. The third-order valence-corrected chi connectivity index (χ3v) is 3.49. The lowest BCUT2D eigenvalue weighted by molar-refractivity contribution is 0.112. The van der Waals surface area contributed by atoms with Crippen LogP contribution in [0.5, 0.6) is 0 Å². The van der Waals surface area contributed by atoms with Crippen molar-refractivity contribution in [3.05, 3.63) is 17.0 Å². The van der Waals surface area contributed by atoms with Crippen molar-refractivity contribution >= 4 is 35.5 Å². The summed E-state index contributed by atoms with van der Waals surface area (Å²) >= 11 is 7.74. The Balaban J connectivity index is 2.33. The highest BCUT2D eigenvalue weighted by Crippen LogP contribution is 2.23. The van der Waals surface area contributed by atoms with Gasteiger partial charge in [-0.05, 0) is 0 Å². The average molecular weight is 244 g/mol. The molecule has 15 heavy (non-hydrogen) atoms. The lowest BCUT2D eigenvalue weighted by Gasteiger charge is -2.28. The van der Waals surface area contributed by atoms with Gasteiger partial charge in [-0.2, -0.15) is 11.8 Å². The van der Waals surface area contributed by atoms with Crippen LogP contribution >= 0.6 is 23.4 Å². The molecule has 1 aliphatic heterocycles. The van der Waals surface area contributed by atoms with Gasteiger partial charge >= 0.3 is 0 Å². The van der Waals surface area contributed by atoms with Crippen molar-refractivity contribution in [3.63, 3.8) is 0 Å². The first-order chi connectivity index (χ1) is 7.33. The van der Waals surface area contributed by atoms with Crippen LogP contribution in [0.2, 0.25) is 5.15 Å². The quantitative estimate of drug-likeness (QED) is 0.582. The van der Waals surface area contributed by atoms with Gasteiger partial charge in [0.2, 0.25) is 0 Å². The molecule has 0 unspecified atom stereocenters. The monoisotopic (exact) mass is 243 g/mol. The fourth-order valence-corrected chi connectivity index (χ4v) is 2.57. The lowest BCUT2D eigenvalue weighted by Crippen LogP contribution is -2.34. The van der Waals surface area contributed by atoms with Gasteiger partial charge in [0.05, 0.1) is 5.56 Å². The average Bonchev–Trinajstić information content (AvgIpc) is 2.30. The first kappa shape index (κ1) is 10.7. The fraction of sp³-hybridized carbons (Fsp3) is 0.444. The molecule has 2 heterocycles. The van der Waals surface area contributed by atoms with Crippen molar-refractivity contribution in [2.24, 2.45) is 0 Å². The van der Waals surface area contributed by atoms with Crippen molar-refractivity contribution in [2.75, 3.05) is 29.5 Å². The number of hydrogen-bond donors (Lipinski definition) is 0. The molecule has 0 spiro atoms. The number of halogens is 1. The number of hydrogen-bond acceptors (Lipinski definition) is 5. The van der Waals surface area contributed by atoms with E-state index in [9.17, 15) is 4.79 Å². The fourth-order valence-electron chi connectivity index (χ4n) is 1.49. The van der Waals surface area contributed by atoms with Crippen LogP contribution in [-0.2, 0) is 0 Å². The van der Waals surface area contributed by atoms with Gasteiger partial charge in [-0.1, -0.05) is 11.6 Å². The topological polar surface area (TPSA) is 46.1 Å². The Hall–Kier alpha value is -0.810. The van der Waals surface area contributed by atoms with Crippen LogP contribution in [0.3, 0.4) is 0 Å². The normalized spacial score (nSPS) is 16.5. The van der Waals surface area contributed by atoms with Crippen LogP contribution in [-0.4, -0.2) is 40.8 Å². The lowest BCUT2D eigenvalue weighted by atomic mass is 10.3. The van der Waals surface area contributed by atoms with E-state index in [0.29, 0.717) is 11.4 Å². The van der Waals surface area contributed by atoms with Crippen molar-refractivity contribution in [1.29, 1.82) is 0 Å². The molecule has 1 aromatic rings. The molecule has 0 amide bonds. The number of thioether (sulfide) groups is 1. The third kappa shape index (κ3) is 2.23. The number of aldehydes is 1. The summed E-state index contributed by atoms with van der Waals surface area (Å²) in [7, 11) is 0. The van der Waals surface area contributed by atoms with E-state index in [1.54, 1.807) is 0 Å². The summed E-state index contributed by atoms with van der Waals surface area (Å²) in [6.45, 7) is 1.80. The minimum atomic E-state index is 0.230. The molecule has 2 rings (SSSR count). The predicted molar refractivity (Wildman–Crippen MR) is 62.0 cm³/mol. The molecule has 0 bridgehead atoms. The zero-order valence-corrected chi connectivity index (χ0v) is 9.59. The smallest absolute Gasteiger partial charge is 0.156 e. The van der Waals surface area contributed by atoms with Crippen LogP contribution in [0.4, 0.5) is 5.82 Å². The molecule has 4 nitrogen and oxygen atoms in total. The molecule has 1 fully saturated rings. The highest BCUT2D eigenvalue weighted by molar-refractivity contribution is 7.99. The molecule has 1 aromatic heterocycles. The summed E-state index contributed by atoms with van der Waals surface area (Å²) in [5.41, 5.74) is 0.395. The standard InChI is InChI=1S/C9H10ClN3OS/c10-8-7(5-14)9(12-6-11-8)13-1-3-15-4-2-13/h5-6H,1-4H2. The van der Waals surface area contributed by atoms with E-state index in [4.69, 9.17) is 11.6 Å². The summed E-state index contributed by atoms with van der Waals surface area (Å²) in [4.78, 5) is 20.9. The molecule has 6 heteroatoms. The number of rotatable bonds is 2. The Bertz CT molecular complexity index is 368. The summed E-state index contributed by atoms with van der Waals surface area (Å²) in [5, 5.41) is 0.230.